The number of anilines is 1. The van der Waals surface area contributed by atoms with E-state index in [1.165, 1.54) is 4.88 Å². The van der Waals surface area contributed by atoms with Crippen molar-refractivity contribution >= 4 is 63.0 Å². The fourth-order valence-electron chi connectivity index (χ4n) is 1.84. The van der Waals surface area contributed by atoms with Gasteiger partial charge in [0.05, 0.1) is 33.5 Å². The Bertz CT molecular complexity index is 709. The molecule has 1 N–H and O–H groups in total. The van der Waals surface area contributed by atoms with Crippen LogP contribution in [0, 0.1) is 0 Å². The summed E-state index contributed by atoms with van der Waals surface area (Å²) in [5.74, 6) is 0. The topological polar surface area (TPSA) is 37.8 Å². The molecule has 0 spiro atoms. The Hall–Kier alpha value is -0.880. The van der Waals surface area contributed by atoms with Crippen LogP contribution in [0.1, 0.15) is 17.8 Å². The molecule has 0 bridgehead atoms. The minimum atomic E-state index is 0.156. The molecule has 0 aliphatic rings. The van der Waals surface area contributed by atoms with Crippen molar-refractivity contribution in [3.63, 3.8) is 0 Å². The molecule has 0 saturated heterocycles. The highest BCUT2D eigenvalue weighted by molar-refractivity contribution is 7.10. The summed E-state index contributed by atoms with van der Waals surface area (Å²) in [5.41, 5.74) is 2.21. The SMILES string of the molecule is CC(Nc1c(Cl)cc(Cl)c2nsnc12)c1cccs1. The molecule has 98 valence electrons. The molecule has 1 atom stereocenters. The van der Waals surface area contributed by atoms with E-state index in [1.807, 2.05) is 6.07 Å². The second kappa shape index (κ2) is 5.25. The average molecular weight is 330 g/mol. The molecule has 7 heteroatoms. The van der Waals surface area contributed by atoms with E-state index in [-0.39, 0.29) is 6.04 Å². The van der Waals surface area contributed by atoms with Crippen LogP contribution in [0.2, 0.25) is 10.0 Å². The Morgan fingerprint density at radius 2 is 2.00 bits per heavy atom. The molecule has 3 nitrogen and oxygen atoms in total. The van der Waals surface area contributed by atoms with Gasteiger partial charge in [0.15, 0.2) is 0 Å². The zero-order chi connectivity index (χ0) is 13.4. The lowest BCUT2D eigenvalue weighted by Crippen LogP contribution is -2.06. The average Bonchev–Trinajstić information content (AvgIpc) is 3.04. The van der Waals surface area contributed by atoms with E-state index in [9.17, 15) is 0 Å². The first-order valence-electron chi connectivity index (χ1n) is 5.57. The summed E-state index contributed by atoms with van der Waals surface area (Å²) in [5, 5.41) is 6.54. The van der Waals surface area contributed by atoms with Crippen molar-refractivity contribution in [1.82, 2.24) is 8.75 Å². The number of nitrogens with one attached hydrogen (secondary N) is 1. The summed E-state index contributed by atoms with van der Waals surface area (Å²) < 4.78 is 8.47. The molecule has 2 heterocycles. The molecule has 3 aromatic rings. The van der Waals surface area contributed by atoms with Gasteiger partial charge in [-0.05, 0) is 24.4 Å². The Balaban J connectivity index is 2.03. The Labute approximate surface area is 128 Å². The standard InChI is InChI=1S/C12H9Cl2N3S2/c1-6(9-3-2-4-18-9)15-10-7(13)5-8(14)11-12(10)17-19-16-11/h2-6,15H,1H3. The molecular weight excluding hydrogens is 321 g/mol. The number of rotatable bonds is 3. The summed E-state index contributed by atoms with van der Waals surface area (Å²) in [6.45, 7) is 2.09. The summed E-state index contributed by atoms with van der Waals surface area (Å²) in [6.07, 6.45) is 0. The van der Waals surface area contributed by atoms with Gasteiger partial charge in [0.1, 0.15) is 11.0 Å². The molecule has 2 aromatic heterocycles. The Morgan fingerprint density at radius 3 is 2.74 bits per heavy atom. The number of thiophene rings is 1. The van der Waals surface area contributed by atoms with Crippen molar-refractivity contribution in [2.45, 2.75) is 13.0 Å². The van der Waals surface area contributed by atoms with Crippen LogP contribution in [0.15, 0.2) is 23.6 Å². The lowest BCUT2D eigenvalue weighted by molar-refractivity contribution is 0.910. The third-order valence-electron chi connectivity index (χ3n) is 2.77. The van der Waals surface area contributed by atoms with E-state index in [4.69, 9.17) is 23.2 Å². The highest BCUT2D eigenvalue weighted by Gasteiger charge is 2.16. The smallest absolute Gasteiger partial charge is 0.130 e. The number of nitrogens with zero attached hydrogens (tertiary/aromatic N) is 2. The second-order valence-electron chi connectivity index (χ2n) is 4.06. The lowest BCUT2D eigenvalue weighted by Gasteiger charge is -2.15. The van der Waals surface area contributed by atoms with Gasteiger partial charge in [0.2, 0.25) is 0 Å². The predicted octanol–water partition coefficient (Wildman–Crippen LogP) is 5.23. The van der Waals surface area contributed by atoms with Crippen LogP contribution in [0.5, 0.6) is 0 Å². The fourth-order valence-corrected chi connectivity index (χ4v) is 3.74. The number of fused-ring (bicyclic) bond motifs is 1. The fraction of sp³-hybridized carbons (Fsp3) is 0.167. The molecule has 0 saturated carbocycles. The highest BCUT2D eigenvalue weighted by atomic mass is 35.5. The first-order chi connectivity index (χ1) is 9.16. The first-order valence-corrected chi connectivity index (χ1v) is 7.93. The first kappa shape index (κ1) is 13.1. The van der Waals surface area contributed by atoms with Crippen molar-refractivity contribution in [2.75, 3.05) is 5.32 Å². The van der Waals surface area contributed by atoms with Crippen LogP contribution in [-0.2, 0) is 0 Å². The zero-order valence-corrected chi connectivity index (χ0v) is 13.0. The van der Waals surface area contributed by atoms with E-state index in [2.05, 4.69) is 32.4 Å². The van der Waals surface area contributed by atoms with Gasteiger partial charge >= 0.3 is 0 Å². The minimum absolute atomic E-state index is 0.156. The molecule has 19 heavy (non-hydrogen) atoms. The van der Waals surface area contributed by atoms with E-state index in [1.54, 1.807) is 17.4 Å². The molecule has 3 rings (SSSR count). The number of hydrogen-bond acceptors (Lipinski definition) is 5. The van der Waals surface area contributed by atoms with E-state index < -0.39 is 0 Å². The van der Waals surface area contributed by atoms with Crippen LogP contribution in [-0.4, -0.2) is 8.75 Å². The van der Waals surface area contributed by atoms with Gasteiger partial charge in [-0.2, -0.15) is 8.75 Å². The summed E-state index contributed by atoms with van der Waals surface area (Å²) in [4.78, 5) is 1.24. The van der Waals surface area contributed by atoms with Crippen LogP contribution in [0.4, 0.5) is 5.69 Å². The van der Waals surface area contributed by atoms with Crippen molar-refractivity contribution in [2.24, 2.45) is 0 Å². The van der Waals surface area contributed by atoms with Gasteiger partial charge < -0.3 is 5.32 Å². The van der Waals surface area contributed by atoms with Crippen molar-refractivity contribution in [3.05, 3.63) is 38.5 Å². The molecule has 1 aromatic carbocycles. The van der Waals surface area contributed by atoms with E-state index in [0.29, 0.717) is 15.6 Å². The maximum Gasteiger partial charge on any atom is 0.130 e. The van der Waals surface area contributed by atoms with Crippen molar-refractivity contribution in [3.8, 4) is 0 Å². The van der Waals surface area contributed by atoms with Gasteiger partial charge in [0.25, 0.3) is 0 Å². The van der Waals surface area contributed by atoms with Crippen LogP contribution in [0.25, 0.3) is 11.0 Å². The molecule has 1 unspecified atom stereocenters. The van der Waals surface area contributed by atoms with Gasteiger partial charge in [-0.25, -0.2) is 0 Å². The lowest BCUT2D eigenvalue weighted by atomic mass is 10.2. The predicted molar refractivity (Wildman–Crippen MR) is 83.8 cm³/mol. The summed E-state index contributed by atoms with van der Waals surface area (Å²) >= 11 is 15.2. The molecule has 0 fully saturated rings. The Kier molecular flexibility index (Phi) is 3.62. The summed E-state index contributed by atoms with van der Waals surface area (Å²) in [7, 11) is 0. The molecular formula is C12H9Cl2N3S2. The molecule has 0 amide bonds. The maximum atomic E-state index is 6.26. The number of hydrogen-bond donors (Lipinski definition) is 1. The minimum Gasteiger partial charge on any atom is -0.375 e. The summed E-state index contributed by atoms with van der Waals surface area (Å²) in [6, 6.07) is 5.98. The van der Waals surface area contributed by atoms with E-state index in [0.717, 1.165) is 22.9 Å². The largest absolute Gasteiger partial charge is 0.375 e. The number of halogens is 2. The van der Waals surface area contributed by atoms with Gasteiger partial charge in [-0.3, -0.25) is 0 Å². The van der Waals surface area contributed by atoms with E-state index >= 15 is 0 Å². The third kappa shape index (κ3) is 2.43. The normalized spacial score (nSPS) is 12.8. The van der Waals surface area contributed by atoms with Crippen LogP contribution in [0.3, 0.4) is 0 Å². The maximum absolute atomic E-state index is 6.26. The van der Waals surface area contributed by atoms with Gasteiger partial charge in [-0.15, -0.1) is 11.3 Å². The van der Waals surface area contributed by atoms with Gasteiger partial charge in [-0.1, -0.05) is 29.3 Å². The molecule has 0 aliphatic carbocycles. The Morgan fingerprint density at radius 1 is 1.21 bits per heavy atom. The number of benzene rings is 1. The number of aromatic nitrogens is 2. The van der Waals surface area contributed by atoms with Crippen molar-refractivity contribution < 1.29 is 0 Å². The third-order valence-corrected chi connectivity index (χ3v) is 4.94. The van der Waals surface area contributed by atoms with Crippen LogP contribution >= 0.6 is 46.3 Å². The highest BCUT2D eigenvalue weighted by Crippen LogP contribution is 2.37. The quantitative estimate of drug-likeness (QED) is 0.714. The van der Waals surface area contributed by atoms with Gasteiger partial charge in [0, 0.05) is 4.88 Å². The zero-order valence-electron chi connectivity index (χ0n) is 9.85. The monoisotopic (exact) mass is 329 g/mol. The molecule has 0 radical (unpaired) electrons. The second-order valence-corrected chi connectivity index (χ2v) is 6.38. The van der Waals surface area contributed by atoms with Crippen molar-refractivity contribution in [1.29, 1.82) is 0 Å². The van der Waals surface area contributed by atoms with Crippen LogP contribution < -0.4 is 5.32 Å². The molecule has 0 aliphatic heterocycles.